The van der Waals surface area contributed by atoms with Gasteiger partial charge < -0.3 is 15.1 Å². The van der Waals surface area contributed by atoms with Crippen molar-refractivity contribution in [1.82, 2.24) is 9.80 Å². The number of amides is 3. The first-order valence-corrected chi connectivity index (χ1v) is 11.2. The third kappa shape index (κ3) is 6.36. The Morgan fingerprint density at radius 2 is 1.88 bits per heavy atom. The van der Waals surface area contributed by atoms with E-state index in [1.807, 2.05) is 26.0 Å². The number of alkyl halides is 3. The second-order valence-corrected chi connectivity index (χ2v) is 8.50. The summed E-state index contributed by atoms with van der Waals surface area (Å²) in [6.07, 6.45) is -3.86. The fraction of sp³-hybridized carbons (Fsp3) is 0.400. The lowest BCUT2D eigenvalue weighted by atomic mass is 10.1. The number of benzene rings is 2. The number of likely N-dealkylation sites (tertiary alicyclic amines) is 1. The van der Waals surface area contributed by atoms with Crippen LogP contribution in [0.4, 0.5) is 18.9 Å². The highest BCUT2D eigenvalue weighted by Gasteiger charge is 2.37. The number of anilines is 1. The first-order valence-electron chi connectivity index (χ1n) is 11.2. The third-order valence-corrected chi connectivity index (χ3v) is 5.75. The van der Waals surface area contributed by atoms with Gasteiger partial charge in [0.25, 0.3) is 0 Å². The van der Waals surface area contributed by atoms with Gasteiger partial charge in [0, 0.05) is 31.7 Å². The fourth-order valence-corrected chi connectivity index (χ4v) is 4.03. The van der Waals surface area contributed by atoms with Crippen LogP contribution in [0.1, 0.15) is 36.5 Å². The van der Waals surface area contributed by atoms with Crippen molar-refractivity contribution in [3.8, 4) is 0 Å². The molecule has 34 heavy (non-hydrogen) atoms. The Hall–Kier alpha value is -3.36. The fourth-order valence-electron chi connectivity index (χ4n) is 4.03. The van der Waals surface area contributed by atoms with Gasteiger partial charge >= 0.3 is 6.18 Å². The smallest absolute Gasteiger partial charge is 0.338 e. The average molecular weight is 476 g/mol. The summed E-state index contributed by atoms with van der Waals surface area (Å²) in [6.45, 7) is 4.08. The van der Waals surface area contributed by atoms with Crippen LogP contribution in [-0.4, -0.2) is 47.2 Å². The predicted octanol–water partition coefficient (Wildman–Crippen LogP) is 4.24. The van der Waals surface area contributed by atoms with Crippen LogP contribution >= 0.6 is 0 Å². The monoisotopic (exact) mass is 475 g/mol. The lowest BCUT2D eigenvalue weighted by Crippen LogP contribution is -2.42. The minimum absolute atomic E-state index is 0.00587. The minimum atomic E-state index is -4.47. The molecule has 3 rings (SSSR count). The number of halogens is 3. The van der Waals surface area contributed by atoms with Crippen molar-refractivity contribution in [1.29, 1.82) is 0 Å². The summed E-state index contributed by atoms with van der Waals surface area (Å²) in [5.74, 6) is -1.57. The first-order chi connectivity index (χ1) is 16.1. The zero-order valence-electron chi connectivity index (χ0n) is 19.2. The Kier molecular flexibility index (Phi) is 7.96. The highest BCUT2D eigenvalue weighted by molar-refractivity contribution is 5.96. The summed E-state index contributed by atoms with van der Waals surface area (Å²) in [7, 11) is 0. The number of aryl methyl sites for hydroxylation is 1. The van der Waals surface area contributed by atoms with Gasteiger partial charge in [0.2, 0.25) is 17.7 Å². The van der Waals surface area contributed by atoms with Gasteiger partial charge in [-0.2, -0.15) is 13.2 Å². The number of hydrogen-bond donors (Lipinski definition) is 1. The molecule has 6 nitrogen and oxygen atoms in total. The number of hydrogen-bond acceptors (Lipinski definition) is 3. The normalized spacial score (nSPS) is 16.0. The Bertz CT molecular complexity index is 1050. The van der Waals surface area contributed by atoms with Crippen LogP contribution < -0.4 is 5.32 Å². The Morgan fingerprint density at radius 1 is 1.15 bits per heavy atom. The summed E-state index contributed by atoms with van der Waals surface area (Å²) in [5.41, 5.74) is 1.13. The quantitative estimate of drug-likeness (QED) is 0.621. The first kappa shape index (κ1) is 25.3. The Morgan fingerprint density at radius 3 is 2.56 bits per heavy atom. The summed E-state index contributed by atoms with van der Waals surface area (Å²) in [4.78, 5) is 41.1. The van der Waals surface area contributed by atoms with Crippen LogP contribution in [0.5, 0.6) is 0 Å². The van der Waals surface area contributed by atoms with E-state index in [9.17, 15) is 27.6 Å². The molecule has 2 aromatic rings. The summed E-state index contributed by atoms with van der Waals surface area (Å²) in [5, 5.41) is 2.81. The lowest BCUT2D eigenvalue weighted by molar-refractivity contribution is -0.138. The molecular formula is C25H28F3N3O3. The summed E-state index contributed by atoms with van der Waals surface area (Å²) >= 11 is 0. The molecule has 9 heteroatoms. The Labute approximate surface area is 196 Å². The van der Waals surface area contributed by atoms with Gasteiger partial charge in [-0.05, 0) is 42.7 Å². The van der Waals surface area contributed by atoms with Gasteiger partial charge in [0.1, 0.15) is 0 Å². The topological polar surface area (TPSA) is 69.7 Å². The van der Waals surface area contributed by atoms with Crippen LogP contribution in [0.2, 0.25) is 0 Å². The summed E-state index contributed by atoms with van der Waals surface area (Å²) < 4.78 is 39.0. The van der Waals surface area contributed by atoms with Crippen molar-refractivity contribution >= 4 is 23.4 Å². The second-order valence-electron chi connectivity index (χ2n) is 8.50. The van der Waals surface area contributed by atoms with E-state index in [4.69, 9.17) is 0 Å². The number of carbonyl (C=O) groups is 3. The number of para-hydroxylation sites is 1. The molecule has 0 radical (unpaired) electrons. The van der Waals surface area contributed by atoms with Gasteiger partial charge in [-0.15, -0.1) is 0 Å². The SMILES string of the molecule is CCCN(CC(=O)Nc1ccccc1C)C(=O)C1CC(=O)N(Cc2cccc(C(F)(F)F)c2)C1. The van der Waals surface area contributed by atoms with Gasteiger partial charge in [0.05, 0.1) is 18.0 Å². The van der Waals surface area contributed by atoms with Crippen molar-refractivity contribution in [2.45, 2.75) is 39.4 Å². The van der Waals surface area contributed by atoms with Crippen LogP contribution in [0.3, 0.4) is 0 Å². The molecule has 3 amide bonds. The molecular weight excluding hydrogens is 447 g/mol. The van der Waals surface area contributed by atoms with E-state index in [0.717, 1.165) is 17.7 Å². The molecule has 1 saturated heterocycles. The molecule has 1 N–H and O–H groups in total. The van der Waals surface area contributed by atoms with Crippen LogP contribution in [-0.2, 0) is 27.1 Å². The third-order valence-electron chi connectivity index (χ3n) is 5.75. The molecule has 0 aromatic heterocycles. The maximum atomic E-state index is 13.1. The standard InChI is InChI=1S/C25H28F3N3O3/c1-3-11-30(16-22(32)29-21-10-5-4-7-17(21)2)24(34)19-13-23(33)31(15-19)14-18-8-6-9-20(12-18)25(26,27)28/h4-10,12,19H,3,11,13-16H2,1-2H3,(H,29,32). The molecule has 1 atom stereocenters. The number of nitrogens with zero attached hydrogens (tertiary/aromatic N) is 2. The summed E-state index contributed by atoms with van der Waals surface area (Å²) in [6, 6.07) is 12.1. The highest BCUT2D eigenvalue weighted by Crippen LogP contribution is 2.30. The van der Waals surface area contributed by atoms with E-state index in [1.54, 1.807) is 12.1 Å². The maximum absolute atomic E-state index is 13.1. The molecule has 1 fully saturated rings. The molecule has 1 heterocycles. The number of nitrogens with one attached hydrogen (secondary N) is 1. The van der Waals surface area contributed by atoms with Crippen LogP contribution in [0, 0.1) is 12.8 Å². The van der Waals surface area contributed by atoms with E-state index in [0.29, 0.717) is 24.2 Å². The van der Waals surface area contributed by atoms with Gasteiger partial charge in [-0.25, -0.2) is 0 Å². The highest BCUT2D eigenvalue weighted by atomic mass is 19.4. The molecule has 2 aromatic carbocycles. The van der Waals surface area contributed by atoms with Gasteiger partial charge in [0.15, 0.2) is 0 Å². The zero-order chi connectivity index (χ0) is 24.9. The van der Waals surface area contributed by atoms with E-state index in [-0.39, 0.29) is 43.8 Å². The predicted molar refractivity (Wildman–Crippen MR) is 122 cm³/mol. The largest absolute Gasteiger partial charge is 0.416 e. The van der Waals surface area contributed by atoms with Crippen molar-refractivity contribution in [3.05, 3.63) is 65.2 Å². The number of carbonyl (C=O) groups excluding carboxylic acids is 3. The minimum Gasteiger partial charge on any atom is -0.338 e. The molecule has 1 aliphatic rings. The van der Waals surface area contributed by atoms with Crippen molar-refractivity contribution in [2.75, 3.05) is 25.0 Å². The van der Waals surface area contributed by atoms with E-state index in [1.165, 1.54) is 21.9 Å². The molecule has 0 spiro atoms. The average Bonchev–Trinajstić information content (AvgIpc) is 3.14. The molecule has 0 aliphatic carbocycles. The zero-order valence-corrected chi connectivity index (χ0v) is 19.2. The lowest BCUT2D eigenvalue weighted by Gasteiger charge is -2.25. The molecule has 182 valence electrons. The molecule has 0 saturated carbocycles. The molecule has 1 aliphatic heterocycles. The van der Waals surface area contributed by atoms with Crippen LogP contribution in [0.15, 0.2) is 48.5 Å². The Balaban J connectivity index is 1.64. The van der Waals surface area contributed by atoms with Gasteiger partial charge in [-0.1, -0.05) is 37.3 Å². The van der Waals surface area contributed by atoms with E-state index < -0.39 is 17.7 Å². The van der Waals surface area contributed by atoms with E-state index in [2.05, 4.69) is 5.32 Å². The van der Waals surface area contributed by atoms with E-state index >= 15 is 0 Å². The molecule has 0 bridgehead atoms. The number of rotatable bonds is 8. The maximum Gasteiger partial charge on any atom is 0.416 e. The second kappa shape index (κ2) is 10.7. The van der Waals surface area contributed by atoms with Crippen LogP contribution in [0.25, 0.3) is 0 Å². The van der Waals surface area contributed by atoms with Gasteiger partial charge in [-0.3, -0.25) is 14.4 Å². The van der Waals surface area contributed by atoms with Crippen molar-refractivity contribution < 1.29 is 27.6 Å². The molecule has 1 unspecified atom stereocenters. The van der Waals surface area contributed by atoms with Crippen molar-refractivity contribution in [3.63, 3.8) is 0 Å². The van der Waals surface area contributed by atoms with Crippen molar-refractivity contribution in [2.24, 2.45) is 5.92 Å².